The van der Waals surface area contributed by atoms with Gasteiger partial charge in [-0.05, 0) is 6.42 Å². The van der Waals surface area contributed by atoms with Crippen LogP contribution in [0.1, 0.15) is 12.6 Å². The Morgan fingerprint density at radius 3 is 2.94 bits per heavy atom. The van der Waals surface area contributed by atoms with Gasteiger partial charge in [0.05, 0.1) is 6.33 Å². The zero-order valence-corrected chi connectivity index (χ0v) is 9.65. The molecule has 1 saturated heterocycles. The lowest BCUT2D eigenvalue weighted by Gasteiger charge is -2.27. The number of nitrogens with one attached hydrogen (secondary N) is 1. The van der Waals surface area contributed by atoms with Crippen molar-refractivity contribution in [1.82, 2.24) is 19.8 Å². The summed E-state index contributed by atoms with van der Waals surface area (Å²) in [7, 11) is 0. The number of carbonyl (C=O) groups is 1. The van der Waals surface area contributed by atoms with E-state index in [0.717, 1.165) is 38.3 Å². The summed E-state index contributed by atoms with van der Waals surface area (Å²) in [5, 5.41) is 3.24. The summed E-state index contributed by atoms with van der Waals surface area (Å²) < 4.78 is 1.93. The van der Waals surface area contributed by atoms with Crippen LogP contribution < -0.4 is 5.32 Å². The molecule has 2 rings (SSSR count). The van der Waals surface area contributed by atoms with Gasteiger partial charge in [-0.15, -0.1) is 0 Å². The third kappa shape index (κ3) is 2.41. The molecule has 1 amide bonds. The molecule has 0 spiro atoms. The van der Waals surface area contributed by atoms with E-state index >= 15 is 0 Å². The molecule has 88 valence electrons. The highest BCUT2D eigenvalue weighted by atomic mass is 16.2. The van der Waals surface area contributed by atoms with Gasteiger partial charge in [-0.3, -0.25) is 4.79 Å². The second kappa shape index (κ2) is 5.12. The summed E-state index contributed by atoms with van der Waals surface area (Å²) in [4.78, 5) is 18.0. The molecule has 1 aromatic heterocycles. The van der Waals surface area contributed by atoms with Gasteiger partial charge in [0, 0.05) is 38.1 Å². The zero-order chi connectivity index (χ0) is 11.4. The fourth-order valence-corrected chi connectivity index (χ4v) is 1.94. The first kappa shape index (κ1) is 11.1. The Labute approximate surface area is 95.5 Å². The maximum Gasteiger partial charge on any atom is 0.242 e. The van der Waals surface area contributed by atoms with Crippen molar-refractivity contribution in [3.8, 4) is 0 Å². The molecule has 16 heavy (non-hydrogen) atoms. The summed E-state index contributed by atoms with van der Waals surface area (Å²) in [6, 6.07) is 0. The van der Waals surface area contributed by atoms with Crippen molar-refractivity contribution in [3.05, 3.63) is 18.2 Å². The van der Waals surface area contributed by atoms with Gasteiger partial charge in [0.2, 0.25) is 5.91 Å². The first-order valence-corrected chi connectivity index (χ1v) is 5.78. The number of rotatable bonds is 3. The third-order valence-corrected chi connectivity index (χ3v) is 2.94. The second-order valence-corrected chi connectivity index (χ2v) is 4.00. The minimum Gasteiger partial charge on any atom is -0.339 e. The number of piperazine rings is 1. The number of hydrogen-bond acceptors (Lipinski definition) is 3. The molecule has 0 aliphatic carbocycles. The van der Waals surface area contributed by atoms with Gasteiger partial charge in [0.1, 0.15) is 6.54 Å². The quantitative estimate of drug-likeness (QED) is 0.775. The smallest absolute Gasteiger partial charge is 0.242 e. The molecule has 0 aromatic carbocycles. The van der Waals surface area contributed by atoms with Crippen molar-refractivity contribution in [1.29, 1.82) is 0 Å². The number of amides is 1. The van der Waals surface area contributed by atoms with E-state index in [2.05, 4.69) is 17.2 Å². The molecule has 1 aromatic rings. The molecule has 1 N–H and O–H groups in total. The molecule has 2 heterocycles. The van der Waals surface area contributed by atoms with Crippen molar-refractivity contribution in [3.63, 3.8) is 0 Å². The molecule has 0 unspecified atom stereocenters. The molecule has 1 aliphatic heterocycles. The third-order valence-electron chi connectivity index (χ3n) is 2.94. The average molecular weight is 222 g/mol. The van der Waals surface area contributed by atoms with Crippen molar-refractivity contribution in [2.24, 2.45) is 0 Å². The number of aromatic nitrogens is 2. The van der Waals surface area contributed by atoms with Crippen LogP contribution in [0.4, 0.5) is 0 Å². The van der Waals surface area contributed by atoms with Crippen molar-refractivity contribution >= 4 is 5.91 Å². The summed E-state index contributed by atoms with van der Waals surface area (Å²) >= 11 is 0. The molecular weight excluding hydrogens is 204 g/mol. The first-order valence-electron chi connectivity index (χ1n) is 5.78. The van der Waals surface area contributed by atoms with E-state index in [1.54, 1.807) is 6.33 Å². The van der Waals surface area contributed by atoms with Crippen LogP contribution in [0, 0.1) is 0 Å². The van der Waals surface area contributed by atoms with Crippen LogP contribution in [0.25, 0.3) is 0 Å². The largest absolute Gasteiger partial charge is 0.339 e. The standard InChI is InChI=1S/C11H18N4O/c1-2-10-7-13-9-15(10)8-11(16)14-5-3-12-4-6-14/h7,9,12H,2-6,8H2,1H3. The van der Waals surface area contributed by atoms with Gasteiger partial charge < -0.3 is 14.8 Å². The average Bonchev–Trinajstić information content (AvgIpc) is 2.77. The summed E-state index contributed by atoms with van der Waals surface area (Å²) in [6.45, 7) is 5.92. The SMILES string of the molecule is CCc1cncn1CC(=O)N1CCNCC1. The van der Waals surface area contributed by atoms with Crippen molar-refractivity contribution in [2.75, 3.05) is 26.2 Å². The lowest BCUT2D eigenvalue weighted by atomic mass is 10.3. The fraction of sp³-hybridized carbons (Fsp3) is 0.636. The maximum atomic E-state index is 12.0. The predicted molar refractivity (Wildman–Crippen MR) is 61.1 cm³/mol. The number of aryl methyl sites for hydroxylation is 1. The molecule has 5 nitrogen and oxygen atoms in total. The van der Waals surface area contributed by atoms with E-state index in [1.807, 2.05) is 15.7 Å². The first-order chi connectivity index (χ1) is 7.81. The molecule has 0 bridgehead atoms. The highest BCUT2D eigenvalue weighted by molar-refractivity contribution is 5.76. The van der Waals surface area contributed by atoms with E-state index in [4.69, 9.17) is 0 Å². The van der Waals surface area contributed by atoms with Gasteiger partial charge in [0.25, 0.3) is 0 Å². The maximum absolute atomic E-state index is 12.0. The van der Waals surface area contributed by atoms with Gasteiger partial charge in [0.15, 0.2) is 0 Å². The molecule has 0 radical (unpaired) electrons. The van der Waals surface area contributed by atoms with Crippen LogP contribution in [0.15, 0.2) is 12.5 Å². The fourth-order valence-electron chi connectivity index (χ4n) is 1.94. The van der Waals surface area contributed by atoms with Crippen LogP contribution >= 0.6 is 0 Å². The Morgan fingerprint density at radius 2 is 2.25 bits per heavy atom. The molecular formula is C11H18N4O. The molecule has 5 heteroatoms. The van der Waals surface area contributed by atoms with Crippen LogP contribution in [0.3, 0.4) is 0 Å². The van der Waals surface area contributed by atoms with Gasteiger partial charge in [-0.1, -0.05) is 6.92 Å². The summed E-state index contributed by atoms with van der Waals surface area (Å²) in [6.07, 6.45) is 4.47. The number of hydrogen-bond donors (Lipinski definition) is 1. The van der Waals surface area contributed by atoms with E-state index in [1.165, 1.54) is 0 Å². The van der Waals surface area contributed by atoms with Crippen LogP contribution in [0.2, 0.25) is 0 Å². The lowest BCUT2D eigenvalue weighted by molar-refractivity contribution is -0.132. The minimum atomic E-state index is 0.189. The Hall–Kier alpha value is -1.36. The molecule has 1 fully saturated rings. The number of imidazole rings is 1. The Kier molecular flexibility index (Phi) is 3.56. The van der Waals surface area contributed by atoms with E-state index in [9.17, 15) is 4.79 Å². The Balaban J connectivity index is 1.95. The Bertz CT molecular complexity index is 355. The lowest BCUT2D eigenvalue weighted by Crippen LogP contribution is -2.47. The van der Waals surface area contributed by atoms with Crippen molar-refractivity contribution < 1.29 is 4.79 Å². The number of nitrogens with zero attached hydrogens (tertiary/aromatic N) is 3. The Morgan fingerprint density at radius 1 is 1.50 bits per heavy atom. The van der Waals surface area contributed by atoms with Crippen molar-refractivity contribution in [2.45, 2.75) is 19.9 Å². The predicted octanol–water partition coefficient (Wildman–Crippen LogP) is -0.123. The molecule has 1 aliphatic rings. The van der Waals surface area contributed by atoms with E-state index in [-0.39, 0.29) is 5.91 Å². The minimum absolute atomic E-state index is 0.189. The van der Waals surface area contributed by atoms with Crippen LogP contribution in [0.5, 0.6) is 0 Å². The highest BCUT2D eigenvalue weighted by Gasteiger charge is 2.16. The van der Waals surface area contributed by atoms with Gasteiger partial charge in [-0.25, -0.2) is 4.98 Å². The van der Waals surface area contributed by atoms with Gasteiger partial charge in [-0.2, -0.15) is 0 Å². The molecule has 0 saturated carbocycles. The second-order valence-electron chi connectivity index (χ2n) is 4.00. The summed E-state index contributed by atoms with van der Waals surface area (Å²) in [5.41, 5.74) is 1.11. The monoisotopic (exact) mass is 222 g/mol. The van der Waals surface area contributed by atoms with Gasteiger partial charge >= 0.3 is 0 Å². The zero-order valence-electron chi connectivity index (χ0n) is 9.65. The van der Waals surface area contributed by atoms with Crippen LogP contribution in [-0.2, 0) is 17.8 Å². The topological polar surface area (TPSA) is 50.2 Å². The molecule has 0 atom stereocenters. The van der Waals surface area contributed by atoms with E-state index < -0.39 is 0 Å². The van der Waals surface area contributed by atoms with E-state index in [0.29, 0.717) is 6.54 Å². The van der Waals surface area contributed by atoms with Crippen LogP contribution in [-0.4, -0.2) is 46.5 Å². The highest BCUT2D eigenvalue weighted by Crippen LogP contribution is 2.02. The summed E-state index contributed by atoms with van der Waals surface area (Å²) in [5.74, 6) is 0.189. The number of carbonyl (C=O) groups excluding carboxylic acids is 1. The normalized spacial score (nSPS) is 16.4.